The molecule has 0 bridgehead atoms. The van der Waals surface area contributed by atoms with Crippen molar-refractivity contribution in [3.05, 3.63) is 41.3 Å². The Labute approximate surface area is 169 Å². The van der Waals surface area contributed by atoms with E-state index in [9.17, 15) is 18.0 Å². The summed E-state index contributed by atoms with van der Waals surface area (Å²) in [6.45, 7) is 7.84. The van der Waals surface area contributed by atoms with Crippen LogP contribution in [-0.2, 0) is 24.3 Å². The van der Waals surface area contributed by atoms with E-state index in [4.69, 9.17) is 9.26 Å². The van der Waals surface area contributed by atoms with Gasteiger partial charge in [0.1, 0.15) is 16.6 Å². The predicted octanol–water partition coefficient (Wildman–Crippen LogP) is 2.26. The topological polar surface area (TPSA) is 128 Å². The Morgan fingerprint density at radius 1 is 1.14 bits per heavy atom. The van der Waals surface area contributed by atoms with Crippen molar-refractivity contribution >= 4 is 27.6 Å². The zero-order chi connectivity index (χ0) is 21.8. The minimum Gasteiger partial charge on any atom is -0.454 e. The van der Waals surface area contributed by atoms with Crippen LogP contribution in [0.3, 0.4) is 0 Å². The van der Waals surface area contributed by atoms with Crippen molar-refractivity contribution in [3.8, 4) is 0 Å². The lowest BCUT2D eigenvalue weighted by Gasteiger charge is -2.14. The highest BCUT2D eigenvalue weighted by molar-refractivity contribution is 7.89. The molecule has 1 heterocycles. The summed E-state index contributed by atoms with van der Waals surface area (Å²) in [5.74, 6) is -0.933. The van der Waals surface area contributed by atoms with Gasteiger partial charge < -0.3 is 14.6 Å². The molecule has 2 N–H and O–H groups in total. The molecular weight excluding hydrogens is 398 g/mol. The highest BCUT2D eigenvalue weighted by Crippen LogP contribution is 2.19. The second-order valence-electron chi connectivity index (χ2n) is 6.93. The molecule has 9 nitrogen and oxygen atoms in total. The number of nitrogens with zero attached hydrogens (tertiary/aromatic N) is 1. The van der Waals surface area contributed by atoms with Crippen molar-refractivity contribution in [1.29, 1.82) is 0 Å². The Hall–Kier alpha value is -2.72. The molecule has 0 saturated carbocycles. The number of nitrogens with one attached hydrogen (secondary N) is 2. The van der Waals surface area contributed by atoms with Crippen LogP contribution in [0.2, 0.25) is 0 Å². The SMILES string of the molecule is Cc1noc(C)c1S(=O)(=O)N[C@@H](C)C(=O)OCC(=O)Nc1ccc(C(C)C)cc1. The molecule has 29 heavy (non-hydrogen) atoms. The highest BCUT2D eigenvalue weighted by Gasteiger charge is 2.29. The van der Waals surface area contributed by atoms with Crippen LogP contribution in [-0.4, -0.2) is 38.1 Å². The van der Waals surface area contributed by atoms with Gasteiger partial charge in [0.25, 0.3) is 5.91 Å². The first-order valence-electron chi connectivity index (χ1n) is 9.03. The largest absolute Gasteiger partial charge is 0.454 e. The molecular formula is C19H25N3O6S. The van der Waals surface area contributed by atoms with Gasteiger partial charge in [-0.15, -0.1) is 0 Å². The molecule has 1 amide bonds. The first-order chi connectivity index (χ1) is 13.5. The van der Waals surface area contributed by atoms with Gasteiger partial charge in [0.15, 0.2) is 12.4 Å². The number of ether oxygens (including phenoxy) is 1. The molecule has 1 aromatic carbocycles. The Balaban J connectivity index is 1.88. The maximum atomic E-state index is 12.4. The minimum atomic E-state index is -4.03. The molecule has 0 saturated heterocycles. The Kier molecular flexibility index (Phi) is 7.15. The lowest BCUT2D eigenvalue weighted by Crippen LogP contribution is -2.40. The summed E-state index contributed by atoms with van der Waals surface area (Å²) in [5.41, 5.74) is 1.88. The maximum Gasteiger partial charge on any atom is 0.324 e. The summed E-state index contributed by atoms with van der Waals surface area (Å²) in [5, 5.41) is 6.20. The fraction of sp³-hybridized carbons (Fsp3) is 0.421. The summed E-state index contributed by atoms with van der Waals surface area (Å²) >= 11 is 0. The van der Waals surface area contributed by atoms with E-state index in [0.717, 1.165) is 5.56 Å². The van der Waals surface area contributed by atoms with Crippen LogP contribution in [0.1, 0.15) is 43.7 Å². The zero-order valence-corrected chi connectivity index (χ0v) is 17.8. The second-order valence-corrected chi connectivity index (χ2v) is 8.58. The number of aromatic nitrogens is 1. The van der Waals surface area contributed by atoms with Gasteiger partial charge in [0.2, 0.25) is 10.0 Å². The molecule has 0 fully saturated rings. The average Bonchev–Trinajstić information content (AvgIpc) is 2.98. The molecule has 0 aliphatic rings. The lowest BCUT2D eigenvalue weighted by atomic mass is 10.0. The van der Waals surface area contributed by atoms with E-state index in [-0.39, 0.29) is 16.3 Å². The minimum absolute atomic E-state index is 0.110. The van der Waals surface area contributed by atoms with Crippen LogP contribution >= 0.6 is 0 Å². The summed E-state index contributed by atoms with van der Waals surface area (Å²) in [4.78, 5) is 23.9. The standard InChI is InChI=1S/C19H25N3O6S/c1-11(2)15-6-8-16(9-7-15)20-17(23)10-27-19(24)13(4)22-29(25,26)18-12(3)21-28-14(18)5/h6-9,11,13,22H,10H2,1-5H3,(H,20,23)/t13-/m0/s1. The second kappa shape index (κ2) is 9.19. The number of carbonyl (C=O) groups is 2. The number of hydrogen-bond donors (Lipinski definition) is 2. The van der Waals surface area contributed by atoms with Crippen molar-refractivity contribution in [2.75, 3.05) is 11.9 Å². The van der Waals surface area contributed by atoms with E-state index in [1.54, 1.807) is 12.1 Å². The van der Waals surface area contributed by atoms with Crippen molar-refractivity contribution in [2.45, 2.75) is 51.5 Å². The van der Waals surface area contributed by atoms with Gasteiger partial charge in [-0.05, 0) is 44.4 Å². The van der Waals surface area contributed by atoms with Crippen LogP contribution in [0.4, 0.5) is 5.69 Å². The van der Waals surface area contributed by atoms with E-state index in [1.165, 1.54) is 20.8 Å². The maximum absolute atomic E-state index is 12.4. The van der Waals surface area contributed by atoms with E-state index < -0.39 is 34.5 Å². The first-order valence-corrected chi connectivity index (χ1v) is 10.5. The molecule has 10 heteroatoms. The van der Waals surface area contributed by atoms with Gasteiger partial charge in [-0.1, -0.05) is 31.1 Å². The number of rotatable bonds is 8. The number of aryl methyl sites for hydroxylation is 2. The number of esters is 1. The van der Waals surface area contributed by atoms with Crippen LogP contribution in [0.5, 0.6) is 0 Å². The molecule has 0 aliphatic heterocycles. The van der Waals surface area contributed by atoms with Crippen molar-refractivity contribution in [3.63, 3.8) is 0 Å². The summed E-state index contributed by atoms with van der Waals surface area (Å²) in [7, 11) is -4.03. The summed E-state index contributed by atoms with van der Waals surface area (Å²) in [6.07, 6.45) is 0. The van der Waals surface area contributed by atoms with Gasteiger partial charge in [-0.3, -0.25) is 9.59 Å². The highest BCUT2D eigenvalue weighted by atomic mass is 32.2. The lowest BCUT2D eigenvalue weighted by molar-refractivity contribution is -0.148. The monoisotopic (exact) mass is 423 g/mol. The zero-order valence-electron chi connectivity index (χ0n) is 17.0. The van der Waals surface area contributed by atoms with Gasteiger partial charge in [0, 0.05) is 5.69 Å². The Bertz CT molecular complexity index is 960. The molecule has 2 aromatic rings. The number of amides is 1. The van der Waals surface area contributed by atoms with Crippen molar-refractivity contribution < 1.29 is 27.3 Å². The molecule has 1 atom stereocenters. The third kappa shape index (κ3) is 5.88. The van der Waals surface area contributed by atoms with Gasteiger partial charge in [-0.2, -0.15) is 4.72 Å². The van der Waals surface area contributed by atoms with Crippen LogP contribution < -0.4 is 10.0 Å². The average molecular weight is 423 g/mol. The quantitative estimate of drug-likeness (QED) is 0.623. The summed E-state index contributed by atoms with van der Waals surface area (Å²) < 4.78 is 36.8. The fourth-order valence-corrected chi connectivity index (χ4v) is 4.13. The molecule has 0 radical (unpaired) electrons. The van der Waals surface area contributed by atoms with E-state index in [2.05, 4.69) is 29.0 Å². The van der Waals surface area contributed by atoms with E-state index in [0.29, 0.717) is 11.6 Å². The van der Waals surface area contributed by atoms with Gasteiger partial charge in [0.05, 0.1) is 0 Å². The molecule has 2 rings (SSSR count). The third-order valence-electron chi connectivity index (χ3n) is 4.13. The Morgan fingerprint density at radius 3 is 2.28 bits per heavy atom. The van der Waals surface area contributed by atoms with Crippen LogP contribution in [0, 0.1) is 13.8 Å². The molecule has 0 spiro atoms. The number of carbonyl (C=O) groups excluding carboxylic acids is 2. The van der Waals surface area contributed by atoms with Crippen LogP contribution in [0.25, 0.3) is 0 Å². The molecule has 1 aromatic heterocycles. The summed E-state index contributed by atoms with van der Waals surface area (Å²) in [6, 6.07) is 6.12. The molecule has 0 aliphatic carbocycles. The molecule has 158 valence electrons. The van der Waals surface area contributed by atoms with Crippen molar-refractivity contribution in [2.24, 2.45) is 0 Å². The number of hydrogen-bond acceptors (Lipinski definition) is 7. The molecule has 0 unspecified atom stereocenters. The van der Waals surface area contributed by atoms with E-state index in [1.807, 2.05) is 12.1 Å². The fourth-order valence-electron chi connectivity index (χ4n) is 2.61. The van der Waals surface area contributed by atoms with Gasteiger partial charge in [-0.25, -0.2) is 8.42 Å². The Morgan fingerprint density at radius 2 is 1.76 bits per heavy atom. The first kappa shape index (κ1) is 22.6. The van der Waals surface area contributed by atoms with Gasteiger partial charge >= 0.3 is 5.97 Å². The van der Waals surface area contributed by atoms with E-state index >= 15 is 0 Å². The van der Waals surface area contributed by atoms with Crippen LogP contribution in [0.15, 0.2) is 33.7 Å². The number of anilines is 1. The third-order valence-corrected chi connectivity index (χ3v) is 5.91. The smallest absolute Gasteiger partial charge is 0.324 e. The predicted molar refractivity (Wildman–Crippen MR) is 106 cm³/mol. The number of benzene rings is 1. The number of sulfonamides is 1. The van der Waals surface area contributed by atoms with Crippen molar-refractivity contribution in [1.82, 2.24) is 9.88 Å². The normalized spacial score (nSPS) is 12.6.